The minimum atomic E-state index is 0.700. The number of aryl methyl sites for hydroxylation is 1. The lowest BCUT2D eigenvalue weighted by atomic mass is 10.2. The van der Waals surface area contributed by atoms with Crippen LogP contribution in [-0.2, 0) is 13.0 Å². The number of hydrogen-bond acceptors (Lipinski definition) is 6. The van der Waals surface area contributed by atoms with Crippen molar-refractivity contribution >= 4 is 23.1 Å². The fourth-order valence-corrected chi connectivity index (χ4v) is 3.63. The quantitative estimate of drug-likeness (QED) is 0.578. The number of aromatic nitrogens is 2. The number of guanidine groups is 1. The second-order valence-corrected chi connectivity index (χ2v) is 7.84. The summed E-state index contributed by atoms with van der Waals surface area (Å²) in [6, 6.07) is 4.25. The molecule has 0 spiro atoms. The van der Waals surface area contributed by atoms with Crippen molar-refractivity contribution in [2.45, 2.75) is 19.9 Å². The number of piperazine rings is 1. The molecule has 0 unspecified atom stereocenters. The molecule has 7 nitrogen and oxygen atoms in total. The maximum Gasteiger partial charge on any atom is 0.191 e. The molecule has 2 aromatic rings. The molecule has 0 saturated carbocycles. The van der Waals surface area contributed by atoms with Crippen molar-refractivity contribution < 1.29 is 0 Å². The Hall–Kier alpha value is -2.19. The maximum atomic E-state index is 4.64. The number of rotatable bonds is 6. The van der Waals surface area contributed by atoms with E-state index in [1.165, 1.54) is 0 Å². The standard InChI is InChI=1S/C19H29N7S/c1-15-24-17(14-27-15)6-7-21-19(20-2)23-13-16-4-5-18(22-12-16)26-10-8-25(3)9-11-26/h4-5,12,14H,6-11,13H2,1-3H3,(H2,20,21,23). The minimum absolute atomic E-state index is 0.700. The predicted octanol–water partition coefficient (Wildman–Crippen LogP) is 1.51. The number of hydrogen-bond donors (Lipinski definition) is 2. The van der Waals surface area contributed by atoms with Crippen molar-refractivity contribution in [3.05, 3.63) is 40.0 Å². The first-order valence-electron chi connectivity index (χ1n) is 9.38. The maximum absolute atomic E-state index is 4.64. The lowest BCUT2D eigenvalue weighted by molar-refractivity contribution is 0.312. The van der Waals surface area contributed by atoms with Crippen LogP contribution in [0.5, 0.6) is 0 Å². The van der Waals surface area contributed by atoms with Crippen LogP contribution in [0.3, 0.4) is 0 Å². The number of likely N-dealkylation sites (N-methyl/N-ethyl adjacent to an activating group) is 1. The van der Waals surface area contributed by atoms with Gasteiger partial charge in [-0.3, -0.25) is 4.99 Å². The van der Waals surface area contributed by atoms with Gasteiger partial charge in [-0.1, -0.05) is 6.07 Å². The second-order valence-electron chi connectivity index (χ2n) is 6.78. The van der Waals surface area contributed by atoms with E-state index in [4.69, 9.17) is 0 Å². The summed E-state index contributed by atoms with van der Waals surface area (Å²) < 4.78 is 0. The molecule has 1 aliphatic heterocycles. The van der Waals surface area contributed by atoms with Gasteiger partial charge in [0.05, 0.1) is 10.7 Å². The zero-order valence-corrected chi connectivity index (χ0v) is 17.2. The summed E-state index contributed by atoms with van der Waals surface area (Å²) in [5, 5.41) is 9.90. The molecule has 0 aliphatic carbocycles. The Morgan fingerprint density at radius 2 is 2.04 bits per heavy atom. The zero-order chi connectivity index (χ0) is 19.1. The van der Waals surface area contributed by atoms with Crippen LogP contribution in [0.15, 0.2) is 28.7 Å². The molecule has 3 heterocycles. The average molecular weight is 388 g/mol. The van der Waals surface area contributed by atoms with Gasteiger partial charge in [0.1, 0.15) is 5.82 Å². The van der Waals surface area contributed by atoms with Crippen molar-refractivity contribution in [3.63, 3.8) is 0 Å². The first-order chi connectivity index (χ1) is 13.1. The van der Waals surface area contributed by atoms with E-state index < -0.39 is 0 Å². The number of nitrogens with one attached hydrogen (secondary N) is 2. The van der Waals surface area contributed by atoms with Crippen LogP contribution in [0.4, 0.5) is 5.82 Å². The molecule has 0 aromatic carbocycles. The van der Waals surface area contributed by atoms with Crippen LogP contribution < -0.4 is 15.5 Å². The van der Waals surface area contributed by atoms with E-state index >= 15 is 0 Å². The first-order valence-corrected chi connectivity index (χ1v) is 10.3. The summed E-state index contributed by atoms with van der Waals surface area (Å²) in [6.45, 7) is 7.80. The molecular weight excluding hydrogens is 358 g/mol. The summed E-state index contributed by atoms with van der Waals surface area (Å²) >= 11 is 1.69. The molecule has 1 saturated heterocycles. The minimum Gasteiger partial charge on any atom is -0.356 e. The molecule has 0 atom stereocenters. The Morgan fingerprint density at radius 1 is 1.22 bits per heavy atom. The largest absolute Gasteiger partial charge is 0.356 e. The van der Waals surface area contributed by atoms with Gasteiger partial charge >= 0.3 is 0 Å². The van der Waals surface area contributed by atoms with Gasteiger partial charge in [-0.05, 0) is 25.6 Å². The van der Waals surface area contributed by atoms with Crippen LogP contribution in [-0.4, -0.2) is 67.6 Å². The Labute approximate surface area is 165 Å². The number of anilines is 1. The molecule has 3 rings (SSSR count). The average Bonchev–Trinajstić information content (AvgIpc) is 3.11. The highest BCUT2D eigenvalue weighted by atomic mass is 32.1. The van der Waals surface area contributed by atoms with Gasteiger partial charge in [-0.15, -0.1) is 11.3 Å². The fraction of sp³-hybridized carbons (Fsp3) is 0.526. The molecule has 146 valence electrons. The third kappa shape index (κ3) is 5.90. The summed E-state index contributed by atoms with van der Waals surface area (Å²) in [4.78, 5) is 18.1. The van der Waals surface area contributed by atoms with Gasteiger partial charge in [0.25, 0.3) is 0 Å². The highest BCUT2D eigenvalue weighted by Gasteiger charge is 2.14. The Bertz CT molecular complexity index is 733. The summed E-state index contributed by atoms with van der Waals surface area (Å²) in [7, 11) is 3.95. The van der Waals surface area contributed by atoms with E-state index in [1.54, 1.807) is 18.4 Å². The fourth-order valence-electron chi connectivity index (χ4n) is 2.98. The normalized spacial score (nSPS) is 15.8. The first kappa shape index (κ1) is 19.6. The molecule has 2 N–H and O–H groups in total. The lowest BCUT2D eigenvalue weighted by Gasteiger charge is -2.33. The van der Waals surface area contributed by atoms with Crippen LogP contribution in [0.2, 0.25) is 0 Å². The highest BCUT2D eigenvalue weighted by Crippen LogP contribution is 2.13. The number of aliphatic imine (C=N–C) groups is 1. The summed E-state index contributed by atoms with van der Waals surface area (Å²) in [6.07, 6.45) is 2.85. The lowest BCUT2D eigenvalue weighted by Crippen LogP contribution is -2.44. The smallest absolute Gasteiger partial charge is 0.191 e. The zero-order valence-electron chi connectivity index (χ0n) is 16.4. The molecule has 8 heteroatoms. The molecule has 1 aliphatic rings. The van der Waals surface area contributed by atoms with Crippen molar-refractivity contribution in [2.24, 2.45) is 4.99 Å². The van der Waals surface area contributed by atoms with E-state index in [0.29, 0.717) is 6.54 Å². The van der Waals surface area contributed by atoms with Gasteiger partial charge in [0, 0.05) is 64.3 Å². The van der Waals surface area contributed by atoms with E-state index in [1.807, 2.05) is 13.1 Å². The Kier molecular flexibility index (Phi) is 7.00. The summed E-state index contributed by atoms with van der Waals surface area (Å²) in [5.74, 6) is 1.86. The van der Waals surface area contributed by atoms with Crippen molar-refractivity contribution in [1.29, 1.82) is 0 Å². The molecule has 0 bridgehead atoms. The SMILES string of the molecule is CN=C(NCCc1csc(C)n1)NCc1ccc(N2CCN(C)CC2)nc1. The van der Waals surface area contributed by atoms with Crippen molar-refractivity contribution in [1.82, 2.24) is 25.5 Å². The van der Waals surface area contributed by atoms with Crippen LogP contribution in [0.1, 0.15) is 16.3 Å². The van der Waals surface area contributed by atoms with E-state index in [-0.39, 0.29) is 0 Å². The molecule has 0 amide bonds. The van der Waals surface area contributed by atoms with Gasteiger partial charge in [0.2, 0.25) is 0 Å². The van der Waals surface area contributed by atoms with Crippen LogP contribution >= 0.6 is 11.3 Å². The number of nitrogens with zero attached hydrogens (tertiary/aromatic N) is 5. The third-order valence-electron chi connectivity index (χ3n) is 4.66. The van der Waals surface area contributed by atoms with E-state index in [2.05, 4.69) is 60.0 Å². The topological polar surface area (TPSA) is 68.7 Å². The summed E-state index contributed by atoms with van der Waals surface area (Å²) in [5.41, 5.74) is 2.27. The third-order valence-corrected chi connectivity index (χ3v) is 5.48. The van der Waals surface area contributed by atoms with Crippen molar-refractivity contribution in [2.75, 3.05) is 51.7 Å². The van der Waals surface area contributed by atoms with Gasteiger partial charge in [0.15, 0.2) is 5.96 Å². The van der Waals surface area contributed by atoms with E-state index in [9.17, 15) is 0 Å². The van der Waals surface area contributed by atoms with Crippen molar-refractivity contribution in [3.8, 4) is 0 Å². The Morgan fingerprint density at radius 3 is 2.67 bits per heavy atom. The molecule has 1 fully saturated rings. The number of pyridine rings is 1. The monoisotopic (exact) mass is 387 g/mol. The predicted molar refractivity (Wildman–Crippen MR) is 113 cm³/mol. The van der Waals surface area contributed by atoms with Gasteiger partial charge < -0.3 is 20.4 Å². The highest BCUT2D eigenvalue weighted by molar-refractivity contribution is 7.09. The molecular formula is C19H29N7S. The van der Waals surface area contributed by atoms with E-state index in [0.717, 1.165) is 67.2 Å². The molecule has 2 aromatic heterocycles. The molecule has 27 heavy (non-hydrogen) atoms. The van der Waals surface area contributed by atoms with Crippen LogP contribution in [0, 0.1) is 6.92 Å². The number of thiazole rings is 1. The molecule has 0 radical (unpaired) electrons. The van der Waals surface area contributed by atoms with Crippen LogP contribution in [0.25, 0.3) is 0 Å². The van der Waals surface area contributed by atoms with Gasteiger partial charge in [-0.25, -0.2) is 9.97 Å². The Balaban J connectivity index is 1.42. The second kappa shape index (κ2) is 9.66. The van der Waals surface area contributed by atoms with Gasteiger partial charge in [-0.2, -0.15) is 0 Å².